The molecule has 4 rings (SSSR count). The molecule has 3 aromatic rings. The molecule has 0 saturated carbocycles. The molecule has 3 heterocycles. The second-order valence-corrected chi connectivity index (χ2v) is 8.96. The van der Waals surface area contributed by atoms with Crippen LogP contribution in [0.3, 0.4) is 0 Å². The normalized spacial score (nSPS) is 16.3. The van der Waals surface area contributed by atoms with E-state index < -0.39 is 18.0 Å². The summed E-state index contributed by atoms with van der Waals surface area (Å²) in [4.78, 5) is 33.5. The summed E-state index contributed by atoms with van der Waals surface area (Å²) >= 11 is 0. The number of carbonyl (C=O) groups is 2. The largest absolute Gasteiger partial charge is 0.573 e. The number of pyridine rings is 1. The Bertz CT molecular complexity index is 1400. The van der Waals surface area contributed by atoms with Crippen LogP contribution in [0.2, 0.25) is 0 Å². The Hall–Kier alpha value is -4.88. The van der Waals surface area contributed by atoms with E-state index in [9.17, 15) is 22.8 Å². The number of aromatic nitrogens is 3. The molecule has 4 N–H and O–H groups in total. The van der Waals surface area contributed by atoms with Crippen molar-refractivity contribution in [1.82, 2.24) is 20.1 Å². The lowest BCUT2D eigenvalue weighted by Gasteiger charge is -2.20. The minimum Gasteiger partial charge on any atom is -0.406 e. The summed E-state index contributed by atoms with van der Waals surface area (Å²) in [6.45, 7) is 2.76. The molecule has 40 heavy (non-hydrogen) atoms. The number of alkyl halides is 3. The fraction of sp³-hybridized carbons (Fsp3) is 0.269. The van der Waals surface area contributed by atoms with Crippen molar-refractivity contribution in [2.24, 2.45) is 23.9 Å². The van der Waals surface area contributed by atoms with Gasteiger partial charge in [-0.3, -0.25) is 19.8 Å². The first-order valence-corrected chi connectivity index (χ1v) is 12.2. The fourth-order valence-corrected chi connectivity index (χ4v) is 3.85. The Morgan fingerprint density at radius 1 is 1.12 bits per heavy atom. The van der Waals surface area contributed by atoms with E-state index >= 15 is 0 Å². The van der Waals surface area contributed by atoms with E-state index in [-0.39, 0.29) is 35.7 Å². The van der Waals surface area contributed by atoms with Crippen molar-refractivity contribution in [1.29, 1.82) is 0 Å². The van der Waals surface area contributed by atoms with Crippen LogP contribution in [0.25, 0.3) is 0 Å². The monoisotopic (exact) mass is 556 g/mol. The average molecular weight is 557 g/mol. The van der Waals surface area contributed by atoms with E-state index in [4.69, 9.17) is 0 Å². The lowest BCUT2D eigenvalue weighted by molar-refractivity contribution is -0.274. The van der Waals surface area contributed by atoms with E-state index in [1.54, 1.807) is 31.6 Å². The highest BCUT2D eigenvalue weighted by Gasteiger charge is 2.31. The highest BCUT2D eigenvalue weighted by molar-refractivity contribution is 6.07. The van der Waals surface area contributed by atoms with Gasteiger partial charge in [0.1, 0.15) is 22.9 Å². The molecule has 1 aliphatic rings. The third kappa shape index (κ3) is 7.82. The van der Waals surface area contributed by atoms with Crippen LogP contribution in [-0.2, 0) is 13.6 Å². The van der Waals surface area contributed by atoms with Crippen LogP contribution in [0.15, 0.2) is 66.1 Å². The smallest absolute Gasteiger partial charge is 0.406 e. The van der Waals surface area contributed by atoms with Crippen LogP contribution < -0.4 is 26.0 Å². The number of nitrogens with one attached hydrogen (secondary N) is 4. The zero-order valence-corrected chi connectivity index (χ0v) is 21.6. The number of aliphatic imine (C=N–C) groups is 1. The summed E-state index contributed by atoms with van der Waals surface area (Å²) in [7, 11) is 1.65. The van der Waals surface area contributed by atoms with E-state index in [0.717, 1.165) is 17.7 Å². The number of nitrogens with zero attached hydrogens (tertiary/aromatic N) is 4. The van der Waals surface area contributed by atoms with E-state index in [0.29, 0.717) is 18.2 Å². The Morgan fingerprint density at radius 2 is 1.90 bits per heavy atom. The maximum atomic E-state index is 12.9. The molecule has 14 heteroatoms. The second-order valence-electron chi connectivity index (χ2n) is 8.96. The van der Waals surface area contributed by atoms with Crippen molar-refractivity contribution in [3.63, 3.8) is 0 Å². The third-order valence-electron chi connectivity index (χ3n) is 5.97. The van der Waals surface area contributed by atoms with E-state index in [2.05, 4.69) is 41.1 Å². The van der Waals surface area contributed by atoms with Crippen molar-refractivity contribution in [3.05, 3.63) is 72.2 Å². The number of halogens is 3. The lowest BCUT2D eigenvalue weighted by Crippen LogP contribution is -2.35. The van der Waals surface area contributed by atoms with Gasteiger partial charge in [-0.05, 0) is 47.9 Å². The molecular formula is C26H27F3N8O3. The van der Waals surface area contributed by atoms with Crippen LogP contribution >= 0.6 is 0 Å². The highest BCUT2D eigenvalue weighted by atomic mass is 19.4. The quantitative estimate of drug-likeness (QED) is 0.306. The van der Waals surface area contributed by atoms with Gasteiger partial charge in [-0.1, -0.05) is 13.0 Å². The molecule has 0 aliphatic carbocycles. The summed E-state index contributed by atoms with van der Waals surface area (Å²) in [6.07, 6.45) is 3.63. The molecular weight excluding hydrogens is 529 g/mol. The predicted octanol–water partition coefficient (Wildman–Crippen LogP) is 4.55. The number of hydrogen-bond acceptors (Lipinski definition) is 7. The van der Waals surface area contributed by atoms with Crippen LogP contribution in [0, 0.1) is 11.8 Å². The summed E-state index contributed by atoms with van der Waals surface area (Å²) < 4.78 is 42.4. The third-order valence-corrected chi connectivity index (χ3v) is 5.97. The highest BCUT2D eigenvalue weighted by Crippen LogP contribution is 2.25. The number of ether oxygens (including phenoxy) is 1. The first-order valence-electron chi connectivity index (χ1n) is 12.2. The first kappa shape index (κ1) is 28.1. The van der Waals surface area contributed by atoms with Gasteiger partial charge in [-0.15, -0.1) is 13.2 Å². The van der Waals surface area contributed by atoms with Gasteiger partial charge in [0.05, 0.1) is 6.20 Å². The zero-order chi connectivity index (χ0) is 28.7. The SMILES string of the molecule is CC1C=NC=CC1CNC(=O)Nc1cc(CNc2c(C(=O)Nc3ccc(OC(F)(F)F)cc3)cnn2C)ccn1. The molecule has 0 bridgehead atoms. The molecule has 210 valence electrons. The van der Waals surface area contributed by atoms with Gasteiger partial charge < -0.3 is 20.7 Å². The number of benzene rings is 1. The van der Waals surface area contributed by atoms with Gasteiger partial charge in [-0.25, -0.2) is 9.78 Å². The van der Waals surface area contributed by atoms with Gasteiger partial charge in [0, 0.05) is 50.4 Å². The predicted molar refractivity (Wildman–Crippen MR) is 143 cm³/mol. The van der Waals surface area contributed by atoms with Gasteiger partial charge >= 0.3 is 12.4 Å². The van der Waals surface area contributed by atoms with Crippen LogP contribution in [0.1, 0.15) is 22.8 Å². The Balaban J connectivity index is 1.32. The molecule has 11 nitrogen and oxygen atoms in total. The first-order chi connectivity index (χ1) is 19.1. The Labute approximate surface area is 227 Å². The molecule has 1 aromatic carbocycles. The minimum atomic E-state index is -4.81. The van der Waals surface area contributed by atoms with Crippen molar-refractivity contribution < 1.29 is 27.5 Å². The van der Waals surface area contributed by atoms with E-state index in [1.165, 1.54) is 23.0 Å². The zero-order valence-electron chi connectivity index (χ0n) is 21.6. The van der Waals surface area contributed by atoms with Gasteiger partial charge in [0.15, 0.2) is 0 Å². The number of aryl methyl sites for hydroxylation is 1. The maximum Gasteiger partial charge on any atom is 0.573 e. The number of anilines is 3. The summed E-state index contributed by atoms with van der Waals surface area (Å²) in [5.41, 5.74) is 1.28. The molecule has 2 unspecified atom stereocenters. The molecule has 2 aromatic heterocycles. The average Bonchev–Trinajstić information content (AvgIpc) is 3.28. The van der Waals surface area contributed by atoms with E-state index in [1.807, 2.05) is 19.2 Å². The summed E-state index contributed by atoms with van der Waals surface area (Å²) in [5, 5.41) is 15.4. The Kier molecular flexibility index (Phi) is 8.67. The number of urea groups is 1. The molecule has 1 aliphatic heterocycles. The number of hydrogen-bond donors (Lipinski definition) is 4. The van der Waals surface area contributed by atoms with Gasteiger partial charge in [-0.2, -0.15) is 5.10 Å². The fourth-order valence-electron chi connectivity index (χ4n) is 3.85. The molecule has 3 amide bonds. The van der Waals surface area contributed by atoms with Crippen molar-refractivity contribution in [2.45, 2.75) is 19.8 Å². The summed E-state index contributed by atoms with van der Waals surface area (Å²) in [6, 6.07) is 7.86. The van der Waals surface area contributed by atoms with Crippen molar-refractivity contribution in [3.8, 4) is 5.75 Å². The lowest BCUT2D eigenvalue weighted by atomic mass is 9.94. The topological polar surface area (TPSA) is 135 Å². The molecule has 0 radical (unpaired) electrons. The van der Waals surface area contributed by atoms with Gasteiger partial charge in [0.2, 0.25) is 0 Å². The molecule has 0 spiro atoms. The van der Waals surface area contributed by atoms with Crippen LogP contribution in [-0.4, -0.2) is 45.8 Å². The number of amides is 3. The van der Waals surface area contributed by atoms with Crippen LogP contribution in [0.4, 0.5) is 35.3 Å². The number of carbonyl (C=O) groups excluding carboxylic acids is 2. The Morgan fingerprint density at radius 3 is 2.62 bits per heavy atom. The van der Waals surface area contributed by atoms with Gasteiger partial charge in [0.25, 0.3) is 5.91 Å². The summed E-state index contributed by atoms with van der Waals surface area (Å²) in [5.74, 6) is 0.226. The minimum absolute atomic E-state index is 0.153. The van der Waals surface area contributed by atoms with Crippen LogP contribution in [0.5, 0.6) is 5.75 Å². The standard InChI is InChI=1S/C26H27F3N8O3/c1-16-12-30-9-8-18(16)14-33-25(39)36-22-11-17(7-10-31-22)13-32-23-21(15-34-37(23)2)24(38)35-19-3-5-20(6-4-19)40-26(27,28)29/h3-12,15-16,18,32H,13-14H2,1-2H3,(H,35,38)(H2,31,33,36,39). The van der Waals surface area contributed by atoms with Crippen molar-refractivity contribution >= 4 is 35.5 Å². The maximum absolute atomic E-state index is 12.9. The number of rotatable bonds is 9. The molecule has 2 atom stereocenters. The second kappa shape index (κ2) is 12.3. The molecule has 0 saturated heterocycles. The molecule has 0 fully saturated rings. The van der Waals surface area contributed by atoms with Crippen molar-refractivity contribution in [2.75, 3.05) is 22.5 Å².